The monoisotopic (exact) mass is 304 g/mol. The van der Waals surface area contributed by atoms with Gasteiger partial charge in [0.25, 0.3) is 0 Å². The molecule has 0 aliphatic heterocycles. The molecule has 1 aromatic carbocycles. The van der Waals surface area contributed by atoms with Crippen molar-refractivity contribution in [1.29, 1.82) is 0 Å². The second-order valence-corrected chi connectivity index (χ2v) is 6.26. The molecule has 0 N–H and O–H groups in total. The number of esters is 1. The molecule has 1 aliphatic carbocycles. The zero-order valence-electron chi connectivity index (χ0n) is 12.2. The van der Waals surface area contributed by atoms with Gasteiger partial charge in [-0.25, -0.2) is 0 Å². The SMILES string of the molecule is CC(=O)OC(CCSc1ccccc1)C1=CC(=O)CCC1. The van der Waals surface area contributed by atoms with E-state index in [4.69, 9.17) is 4.74 Å². The van der Waals surface area contributed by atoms with Gasteiger partial charge in [0.1, 0.15) is 6.10 Å². The third-order valence-electron chi connectivity index (χ3n) is 3.35. The van der Waals surface area contributed by atoms with E-state index in [1.165, 1.54) is 11.8 Å². The number of hydrogen-bond donors (Lipinski definition) is 0. The molecular weight excluding hydrogens is 284 g/mol. The van der Waals surface area contributed by atoms with E-state index < -0.39 is 0 Å². The average molecular weight is 304 g/mol. The molecule has 1 aliphatic rings. The molecule has 112 valence electrons. The molecule has 1 atom stereocenters. The van der Waals surface area contributed by atoms with Crippen LogP contribution in [0.1, 0.15) is 32.6 Å². The normalized spacial score (nSPS) is 16.2. The molecule has 0 aromatic heterocycles. The van der Waals surface area contributed by atoms with E-state index in [0.717, 1.165) is 30.6 Å². The summed E-state index contributed by atoms with van der Waals surface area (Å²) >= 11 is 1.74. The molecule has 0 saturated carbocycles. The lowest BCUT2D eigenvalue weighted by Gasteiger charge is -2.22. The molecule has 0 amide bonds. The Morgan fingerprint density at radius 3 is 2.71 bits per heavy atom. The minimum Gasteiger partial charge on any atom is -0.458 e. The van der Waals surface area contributed by atoms with Gasteiger partial charge in [0.2, 0.25) is 0 Å². The van der Waals surface area contributed by atoms with Crippen molar-refractivity contribution in [3.63, 3.8) is 0 Å². The predicted octanol–water partition coefficient (Wildman–Crippen LogP) is 3.78. The van der Waals surface area contributed by atoms with Crippen LogP contribution in [0.5, 0.6) is 0 Å². The quantitative estimate of drug-likeness (QED) is 0.592. The van der Waals surface area contributed by atoms with Gasteiger partial charge in [-0.1, -0.05) is 18.2 Å². The van der Waals surface area contributed by atoms with Crippen LogP contribution in [-0.4, -0.2) is 23.6 Å². The van der Waals surface area contributed by atoms with Crippen molar-refractivity contribution in [2.75, 3.05) is 5.75 Å². The summed E-state index contributed by atoms with van der Waals surface area (Å²) in [6.45, 7) is 1.42. The first-order valence-electron chi connectivity index (χ1n) is 7.23. The summed E-state index contributed by atoms with van der Waals surface area (Å²) in [5, 5.41) is 0. The molecule has 0 spiro atoms. The molecule has 1 aromatic rings. The molecule has 2 rings (SSSR count). The first-order chi connectivity index (χ1) is 10.1. The topological polar surface area (TPSA) is 43.4 Å². The number of rotatable bonds is 6. The van der Waals surface area contributed by atoms with Crippen LogP contribution in [0.25, 0.3) is 0 Å². The Morgan fingerprint density at radius 1 is 1.29 bits per heavy atom. The summed E-state index contributed by atoms with van der Waals surface area (Å²) in [6, 6.07) is 10.1. The second-order valence-electron chi connectivity index (χ2n) is 5.09. The molecule has 0 fully saturated rings. The van der Waals surface area contributed by atoms with Crippen LogP contribution >= 0.6 is 11.8 Å². The van der Waals surface area contributed by atoms with E-state index in [0.29, 0.717) is 6.42 Å². The number of carbonyl (C=O) groups is 2. The van der Waals surface area contributed by atoms with E-state index >= 15 is 0 Å². The van der Waals surface area contributed by atoms with Crippen molar-refractivity contribution < 1.29 is 14.3 Å². The average Bonchev–Trinajstić information content (AvgIpc) is 2.47. The minimum atomic E-state index is -0.288. The van der Waals surface area contributed by atoms with Crippen molar-refractivity contribution >= 4 is 23.5 Å². The Labute approximate surface area is 129 Å². The largest absolute Gasteiger partial charge is 0.458 e. The van der Waals surface area contributed by atoms with Gasteiger partial charge in [-0.15, -0.1) is 11.8 Å². The van der Waals surface area contributed by atoms with E-state index in [1.807, 2.05) is 18.2 Å². The van der Waals surface area contributed by atoms with Crippen LogP contribution in [0.4, 0.5) is 0 Å². The molecule has 0 heterocycles. The third-order valence-corrected chi connectivity index (χ3v) is 4.39. The second kappa shape index (κ2) is 8.03. The van der Waals surface area contributed by atoms with E-state index in [1.54, 1.807) is 17.8 Å². The maximum atomic E-state index is 11.5. The number of benzene rings is 1. The Balaban J connectivity index is 1.93. The molecule has 0 bridgehead atoms. The van der Waals surface area contributed by atoms with Crippen LogP contribution in [0, 0.1) is 0 Å². The van der Waals surface area contributed by atoms with Gasteiger partial charge in [-0.05, 0) is 43.0 Å². The van der Waals surface area contributed by atoms with Gasteiger partial charge in [-0.2, -0.15) is 0 Å². The first-order valence-corrected chi connectivity index (χ1v) is 8.22. The summed E-state index contributed by atoms with van der Waals surface area (Å²) in [4.78, 5) is 24.0. The van der Waals surface area contributed by atoms with Gasteiger partial charge in [0, 0.05) is 24.0 Å². The fourth-order valence-electron chi connectivity index (χ4n) is 2.39. The van der Waals surface area contributed by atoms with Gasteiger partial charge in [-0.3, -0.25) is 9.59 Å². The molecule has 1 unspecified atom stereocenters. The fourth-order valence-corrected chi connectivity index (χ4v) is 3.31. The van der Waals surface area contributed by atoms with Crippen molar-refractivity contribution in [1.82, 2.24) is 0 Å². The highest BCUT2D eigenvalue weighted by atomic mass is 32.2. The fraction of sp³-hybridized carbons (Fsp3) is 0.412. The van der Waals surface area contributed by atoms with E-state index in [9.17, 15) is 9.59 Å². The molecule has 0 radical (unpaired) electrons. The maximum absolute atomic E-state index is 11.5. The van der Waals surface area contributed by atoms with Crippen molar-refractivity contribution in [2.45, 2.75) is 43.6 Å². The van der Waals surface area contributed by atoms with Gasteiger partial charge in [0.05, 0.1) is 0 Å². The number of thioether (sulfide) groups is 1. The van der Waals surface area contributed by atoms with Crippen molar-refractivity contribution in [2.24, 2.45) is 0 Å². The number of hydrogen-bond acceptors (Lipinski definition) is 4. The Kier molecular flexibility index (Phi) is 6.05. The highest BCUT2D eigenvalue weighted by molar-refractivity contribution is 7.99. The van der Waals surface area contributed by atoms with Gasteiger partial charge in [0.15, 0.2) is 5.78 Å². The molecule has 4 heteroatoms. The van der Waals surface area contributed by atoms with Crippen LogP contribution in [0.15, 0.2) is 46.9 Å². The standard InChI is InChI=1S/C17H20O3S/c1-13(18)20-17(14-6-5-7-15(19)12-14)10-11-21-16-8-3-2-4-9-16/h2-4,8-9,12,17H,5-7,10-11H2,1H3. The predicted molar refractivity (Wildman–Crippen MR) is 84.3 cm³/mol. The zero-order valence-corrected chi connectivity index (χ0v) is 13.0. The molecule has 21 heavy (non-hydrogen) atoms. The lowest BCUT2D eigenvalue weighted by atomic mass is 9.93. The van der Waals surface area contributed by atoms with Crippen LogP contribution < -0.4 is 0 Å². The summed E-state index contributed by atoms with van der Waals surface area (Å²) < 4.78 is 5.40. The number of ketones is 1. The lowest BCUT2D eigenvalue weighted by Crippen LogP contribution is -2.22. The number of ether oxygens (including phenoxy) is 1. The van der Waals surface area contributed by atoms with E-state index in [-0.39, 0.29) is 17.9 Å². The van der Waals surface area contributed by atoms with Crippen molar-refractivity contribution in [3.05, 3.63) is 42.0 Å². The maximum Gasteiger partial charge on any atom is 0.303 e. The summed E-state index contributed by atoms with van der Waals surface area (Å²) in [5.74, 6) is 0.709. The first kappa shape index (κ1) is 15.8. The van der Waals surface area contributed by atoms with Crippen molar-refractivity contribution in [3.8, 4) is 0 Å². The third kappa shape index (κ3) is 5.38. The molecule has 3 nitrogen and oxygen atoms in total. The number of carbonyl (C=O) groups excluding carboxylic acids is 2. The summed E-state index contributed by atoms with van der Waals surface area (Å²) in [5.41, 5.74) is 0.968. The highest BCUT2D eigenvalue weighted by Gasteiger charge is 2.21. The summed E-state index contributed by atoms with van der Waals surface area (Å²) in [6.07, 6.45) is 4.45. The highest BCUT2D eigenvalue weighted by Crippen LogP contribution is 2.26. The molecular formula is C17H20O3S. The number of allylic oxidation sites excluding steroid dienone is 1. The van der Waals surface area contributed by atoms with E-state index in [2.05, 4.69) is 12.1 Å². The van der Waals surface area contributed by atoms with Crippen LogP contribution in [0.2, 0.25) is 0 Å². The van der Waals surface area contributed by atoms with Gasteiger partial charge < -0.3 is 4.74 Å². The Hall–Kier alpha value is -1.55. The van der Waals surface area contributed by atoms with Crippen LogP contribution in [0.3, 0.4) is 0 Å². The smallest absolute Gasteiger partial charge is 0.303 e. The zero-order chi connectivity index (χ0) is 15.1. The lowest BCUT2D eigenvalue weighted by molar-refractivity contribution is -0.145. The Morgan fingerprint density at radius 2 is 2.05 bits per heavy atom. The van der Waals surface area contributed by atoms with Gasteiger partial charge >= 0.3 is 5.97 Å². The van der Waals surface area contributed by atoms with Crippen LogP contribution in [-0.2, 0) is 14.3 Å². The summed E-state index contributed by atoms with van der Waals surface area (Å²) in [7, 11) is 0. The Bertz CT molecular complexity index is 522. The molecule has 0 saturated heterocycles. The minimum absolute atomic E-state index is 0.143.